The van der Waals surface area contributed by atoms with Crippen LogP contribution in [0.1, 0.15) is 31.2 Å². The van der Waals surface area contributed by atoms with Gasteiger partial charge in [-0.1, -0.05) is 13.3 Å². The third-order valence-corrected chi connectivity index (χ3v) is 3.44. The number of rotatable bonds is 3. The van der Waals surface area contributed by atoms with Gasteiger partial charge in [-0.15, -0.1) is 0 Å². The van der Waals surface area contributed by atoms with Crippen LogP contribution in [0.4, 0.5) is 0 Å². The number of nitrogens with one attached hydrogen (secondary N) is 1. The van der Waals surface area contributed by atoms with Gasteiger partial charge in [0.15, 0.2) is 12.0 Å². The quantitative estimate of drug-likeness (QED) is 0.850. The Labute approximate surface area is 115 Å². The Bertz CT molecular complexity index is 734. The van der Waals surface area contributed by atoms with Gasteiger partial charge in [0.25, 0.3) is 5.56 Å². The van der Waals surface area contributed by atoms with Crippen LogP contribution in [0, 0.1) is 6.08 Å². The van der Waals surface area contributed by atoms with Crippen LogP contribution < -0.4 is 16.0 Å². The van der Waals surface area contributed by atoms with Crippen molar-refractivity contribution < 1.29 is 4.74 Å². The number of aromatic nitrogens is 2. The molecule has 5 heteroatoms. The summed E-state index contributed by atoms with van der Waals surface area (Å²) in [5.74, 6) is 0.531. The summed E-state index contributed by atoms with van der Waals surface area (Å²) in [6.07, 6.45) is 12.0. The van der Waals surface area contributed by atoms with Crippen molar-refractivity contribution in [1.29, 1.82) is 0 Å². The van der Waals surface area contributed by atoms with Crippen molar-refractivity contribution in [3.05, 3.63) is 62.5 Å². The molecule has 1 unspecified atom stereocenters. The van der Waals surface area contributed by atoms with Crippen LogP contribution in [0.2, 0.25) is 0 Å². The van der Waals surface area contributed by atoms with Crippen LogP contribution in [0.15, 0.2) is 39.7 Å². The van der Waals surface area contributed by atoms with Crippen LogP contribution in [-0.4, -0.2) is 9.55 Å². The molecule has 2 heterocycles. The van der Waals surface area contributed by atoms with Gasteiger partial charge in [-0.2, -0.15) is 0 Å². The molecule has 0 bridgehead atoms. The second-order valence-electron chi connectivity index (χ2n) is 4.81. The molecule has 102 valence electrons. The first-order valence-corrected chi connectivity index (χ1v) is 6.73. The van der Waals surface area contributed by atoms with E-state index in [2.05, 4.69) is 11.1 Å². The highest BCUT2D eigenvalue weighted by Gasteiger charge is 2.38. The summed E-state index contributed by atoms with van der Waals surface area (Å²) in [5.41, 5.74) is -0.237. The molecule has 20 heavy (non-hydrogen) atoms. The molecule has 0 amide bonds. The summed E-state index contributed by atoms with van der Waals surface area (Å²) in [4.78, 5) is 27.1. The number of hydrogen-bond donors (Lipinski definition) is 1. The minimum absolute atomic E-state index is 0.250. The van der Waals surface area contributed by atoms with Gasteiger partial charge in [-0.25, -0.2) is 4.79 Å². The first kappa shape index (κ1) is 12.6. The summed E-state index contributed by atoms with van der Waals surface area (Å²) in [7, 11) is 0. The molecule has 2 aliphatic rings. The van der Waals surface area contributed by atoms with E-state index in [4.69, 9.17) is 4.74 Å². The van der Waals surface area contributed by atoms with Crippen molar-refractivity contribution in [2.45, 2.75) is 32.2 Å². The zero-order chi connectivity index (χ0) is 14.1. The SMILES string of the molecule is CCCCn1c(=O)[nH]c2c(c1=O)C1[C+]=CC=CC=C1O2. The van der Waals surface area contributed by atoms with E-state index < -0.39 is 5.69 Å². The maximum atomic E-state index is 12.5. The monoisotopic (exact) mass is 271 g/mol. The topological polar surface area (TPSA) is 64.1 Å². The lowest BCUT2D eigenvalue weighted by Gasteiger charge is -2.05. The summed E-state index contributed by atoms with van der Waals surface area (Å²) in [6, 6.07) is 0. The van der Waals surface area contributed by atoms with E-state index in [1.54, 1.807) is 12.2 Å². The van der Waals surface area contributed by atoms with Gasteiger partial charge in [0, 0.05) is 18.7 Å². The minimum Gasteiger partial charge on any atom is -0.441 e. The number of ether oxygens (including phenoxy) is 1. The van der Waals surface area contributed by atoms with E-state index in [9.17, 15) is 9.59 Å². The highest BCUT2D eigenvalue weighted by molar-refractivity contribution is 5.44. The maximum absolute atomic E-state index is 12.5. The van der Waals surface area contributed by atoms with Crippen molar-refractivity contribution in [2.75, 3.05) is 0 Å². The van der Waals surface area contributed by atoms with Crippen LogP contribution in [0.25, 0.3) is 0 Å². The van der Waals surface area contributed by atoms with Crippen LogP contribution >= 0.6 is 0 Å². The van der Waals surface area contributed by atoms with Crippen LogP contribution in [0.3, 0.4) is 0 Å². The number of allylic oxidation sites excluding steroid dienone is 5. The minimum atomic E-state index is -0.418. The third-order valence-electron chi connectivity index (χ3n) is 3.44. The average molecular weight is 271 g/mol. The second-order valence-corrected chi connectivity index (χ2v) is 4.81. The molecule has 3 rings (SSSR count). The van der Waals surface area contributed by atoms with Crippen molar-refractivity contribution in [3.63, 3.8) is 0 Å². The first-order valence-electron chi connectivity index (χ1n) is 6.73. The Morgan fingerprint density at radius 1 is 1.40 bits per heavy atom. The summed E-state index contributed by atoms with van der Waals surface area (Å²) in [5, 5.41) is 0. The molecule has 1 aliphatic heterocycles. The number of nitrogens with zero attached hydrogens (tertiary/aromatic N) is 1. The van der Waals surface area contributed by atoms with Crippen molar-refractivity contribution in [2.24, 2.45) is 0 Å². The van der Waals surface area contributed by atoms with Crippen LogP contribution in [-0.2, 0) is 6.54 Å². The van der Waals surface area contributed by atoms with Gasteiger partial charge in [-0.05, 0) is 6.42 Å². The van der Waals surface area contributed by atoms with E-state index in [-0.39, 0.29) is 17.4 Å². The molecule has 1 atom stereocenters. The number of aromatic amines is 1. The molecular weight excluding hydrogens is 256 g/mol. The van der Waals surface area contributed by atoms with Gasteiger partial charge in [-0.3, -0.25) is 14.3 Å². The van der Waals surface area contributed by atoms with Gasteiger partial charge in [0.05, 0.1) is 12.2 Å². The molecule has 0 spiro atoms. The van der Waals surface area contributed by atoms with Crippen molar-refractivity contribution in [3.8, 4) is 5.88 Å². The fraction of sp³-hybridized carbons (Fsp3) is 0.333. The molecule has 1 aromatic rings. The van der Waals surface area contributed by atoms with Gasteiger partial charge in [0.2, 0.25) is 5.88 Å². The van der Waals surface area contributed by atoms with Crippen molar-refractivity contribution >= 4 is 0 Å². The molecule has 0 saturated carbocycles. The number of fused-ring (bicyclic) bond motifs is 3. The number of hydrogen-bond acceptors (Lipinski definition) is 3. The van der Waals surface area contributed by atoms with Gasteiger partial charge in [0.1, 0.15) is 11.3 Å². The molecule has 0 fully saturated rings. The van der Waals surface area contributed by atoms with Gasteiger partial charge >= 0.3 is 5.69 Å². The lowest BCUT2D eigenvalue weighted by atomic mass is 10.0. The largest absolute Gasteiger partial charge is 0.441 e. The molecule has 0 saturated heterocycles. The average Bonchev–Trinajstić information content (AvgIpc) is 2.61. The predicted octanol–water partition coefficient (Wildman–Crippen LogP) is 1.63. The molecule has 0 radical (unpaired) electrons. The summed E-state index contributed by atoms with van der Waals surface area (Å²) >= 11 is 0. The van der Waals surface area contributed by atoms with Gasteiger partial charge < -0.3 is 4.74 Å². The first-order chi connectivity index (χ1) is 9.72. The molecule has 1 aromatic heterocycles. The summed E-state index contributed by atoms with van der Waals surface area (Å²) < 4.78 is 6.82. The Morgan fingerprint density at radius 3 is 3.05 bits per heavy atom. The lowest BCUT2D eigenvalue weighted by molar-refractivity contribution is 0.418. The fourth-order valence-corrected chi connectivity index (χ4v) is 2.39. The number of unbranched alkanes of at least 4 members (excludes halogenated alkanes) is 1. The predicted molar refractivity (Wildman–Crippen MR) is 74.6 cm³/mol. The van der Waals surface area contributed by atoms with E-state index in [1.807, 2.05) is 19.1 Å². The van der Waals surface area contributed by atoms with E-state index in [0.29, 0.717) is 17.9 Å². The Balaban J connectivity index is 2.14. The molecule has 0 aromatic carbocycles. The number of H-pyrrole nitrogens is 1. The lowest BCUT2D eigenvalue weighted by Crippen LogP contribution is -2.36. The zero-order valence-electron chi connectivity index (χ0n) is 11.2. The Morgan fingerprint density at radius 2 is 2.25 bits per heavy atom. The highest BCUT2D eigenvalue weighted by Crippen LogP contribution is 2.37. The maximum Gasteiger partial charge on any atom is 0.331 e. The normalized spacial score (nSPS) is 18.6. The fourth-order valence-electron chi connectivity index (χ4n) is 2.39. The summed E-state index contributed by atoms with van der Waals surface area (Å²) in [6.45, 7) is 2.44. The standard InChI is InChI=1S/C15H14N2O3/c1-2-3-9-17-14(18)12-10-7-5-4-6-8-11(10)20-13(12)16-15(17)19/h4-6,8,10H,2-3,9H2,1H3/p+1. The van der Waals surface area contributed by atoms with Crippen LogP contribution in [0.5, 0.6) is 5.88 Å². The zero-order valence-corrected chi connectivity index (χ0v) is 11.2. The molecule has 1 aliphatic carbocycles. The second kappa shape index (κ2) is 4.94. The Kier molecular flexibility index (Phi) is 3.12. The highest BCUT2D eigenvalue weighted by atomic mass is 16.5. The van der Waals surface area contributed by atoms with E-state index in [1.165, 1.54) is 4.57 Å². The van der Waals surface area contributed by atoms with Crippen molar-refractivity contribution in [1.82, 2.24) is 9.55 Å². The van der Waals surface area contributed by atoms with E-state index in [0.717, 1.165) is 12.8 Å². The third kappa shape index (κ3) is 1.92. The Hall–Kier alpha value is -2.39. The van der Waals surface area contributed by atoms with E-state index >= 15 is 0 Å². The molecule has 5 nitrogen and oxygen atoms in total. The molecular formula is C15H15N2O3+. The smallest absolute Gasteiger partial charge is 0.331 e. The molecule has 1 N–H and O–H groups in total.